The molecule has 0 bridgehead atoms. The van der Waals surface area contributed by atoms with Crippen molar-refractivity contribution in [2.24, 2.45) is 0 Å². The van der Waals surface area contributed by atoms with E-state index in [0.717, 1.165) is 30.3 Å². The van der Waals surface area contributed by atoms with Gasteiger partial charge in [0.25, 0.3) is 0 Å². The molecule has 0 aliphatic carbocycles. The number of nitrogens with zero attached hydrogens (tertiary/aromatic N) is 2. The van der Waals surface area contributed by atoms with E-state index in [1.165, 1.54) is 11.1 Å². The summed E-state index contributed by atoms with van der Waals surface area (Å²) >= 11 is 1.70. The molecule has 0 saturated heterocycles. The van der Waals surface area contributed by atoms with Gasteiger partial charge in [0.2, 0.25) is 0 Å². The molecule has 0 radical (unpaired) electrons. The van der Waals surface area contributed by atoms with Crippen LogP contribution in [-0.4, -0.2) is 23.0 Å². The molecule has 0 atom stereocenters. The van der Waals surface area contributed by atoms with Gasteiger partial charge in [0, 0.05) is 30.6 Å². The van der Waals surface area contributed by atoms with Crippen molar-refractivity contribution in [3.8, 4) is 10.6 Å². The highest BCUT2D eigenvalue weighted by molar-refractivity contribution is 7.13. The highest BCUT2D eigenvalue weighted by atomic mass is 32.1. The number of benzene rings is 1. The summed E-state index contributed by atoms with van der Waals surface area (Å²) in [5.74, 6) is 0. The minimum absolute atomic E-state index is 0.834. The second kappa shape index (κ2) is 7.17. The molecule has 3 heteroatoms. The molecule has 0 amide bonds. The van der Waals surface area contributed by atoms with Crippen molar-refractivity contribution in [3.63, 3.8) is 0 Å². The zero-order chi connectivity index (χ0) is 14.4. The van der Waals surface area contributed by atoms with Crippen molar-refractivity contribution in [2.75, 3.05) is 13.1 Å². The Morgan fingerprint density at radius 1 is 1.15 bits per heavy atom. The van der Waals surface area contributed by atoms with Crippen LogP contribution in [0.2, 0.25) is 0 Å². The maximum absolute atomic E-state index is 4.72. The number of hydrogen-bond donors (Lipinski definition) is 0. The summed E-state index contributed by atoms with van der Waals surface area (Å²) in [6.07, 6.45) is 3.83. The third-order valence-electron chi connectivity index (χ3n) is 3.01. The first-order valence-corrected chi connectivity index (χ1v) is 7.56. The van der Waals surface area contributed by atoms with E-state index in [4.69, 9.17) is 4.98 Å². The van der Waals surface area contributed by atoms with E-state index in [2.05, 4.69) is 54.6 Å². The zero-order valence-electron chi connectivity index (χ0n) is 11.9. The minimum atomic E-state index is 0.834. The Labute approximate surface area is 125 Å². The molecule has 2 aromatic rings. The predicted octanol–water partition coefficient (Wildman–Crippen LogP) is 4.29. The lowest BCUT2D eigenvalue weighted by molar-refractivity contribution is 0.324. The topological polar surface area (TPSA) is 16.1 Å². The SMILES string of the molecule is C=CCN(CC=C)Cc1csc(-c2ccc(C)cc2)n1. The maximum Gasteiger partial charge on any atom is 0.123 e. The molecule has 0 spiro atoms. The zero-order valence-corrected chi connectivity index (χ0v) is 12.7. The van der Waals surface area contributed by atoms with Crippen LogP contribution in [0, 0.1) is 6.92 Å². The van der Waals surface area contributed by atoms with Crippen molar-refractivity contribution in [1.29, 1.82) is 0 Å². The number of aromatic nitrogens is 1. The fourth-order valence-corrected chi connectivity index (χ4v) is 2.82. The summed E-state index contributed by atoms with van der Waals surface area (Å²) < 4.78 is 0. The Balaban J connectivity index is 2.09. The second-order valence-electron chi connectivity index (χ2n) is 4.78. The van der Waals surface area contributed by atoms with Gasteiger partial charge in [-0.1, -0.05) is 42.0 Å². The van der Waals surface area contributed by atoms with E-state index in [0.29, 0.717) is 0 Å². The van der Waals surface area contributed by atoms with Crippen LogP contribution in [0.15, 0.2) is 55.0 Å². The van der Waals surface area contributed by atoms with Gasteiger partial charge in [-0.25, -0.2) is 4.98 Å². The molecule has 0 fully saturated rings. The van der Waals surface area contributed by atoms with E-state index in [1.807, 2.05) is 12.2 Å². The average Bonchev–Trinajstić information content (AvgIpc) is 2.89. The first-order valence-electron chi connectivity index (χ1n) is 6.68. The number of aryl methyl sites for hydroxylation is 1. The minimum Gasteiger partial charge on any atom is -0.290 e. The van der Waals surface area contributed by atoms with Gasteiger partial charge >= 0.3 is 0 Å². The van der Waals surface area contributed by atoms with Gasteiger partial charge in [-0.2, -0.15) is 0 Å². The number of rotatable bonds is 7. The fraction of sp³-hybridized carbons (Fsp3) is 0.235. The Hall–Kier alpha value is -1.71. The van der Waals surface area contributed by atoms with E-state index in [-0.39, 0.29) is 0 Å². The second-order valence-corrected chi connectivity index (χ2v) is 5.64. The van der Waals surface area contributed by atoms with Gasteiger partial charge in [-0.3, -0.25) is 4.90 Å². The normalized spacial score (nSPS) is 10.7. The monoisotopic (exact) mass is 284 g/mol. The van der Waals surface area contributed by atoms with Crippen molar-refractivity contribution in [2.45, 2.75) is 13.5 Å². The van der Waals surface area contributed by atoms with Crippen LogP contribution < -0.4 is 0 Å². The van der Waals surface area contributed by atoms with Gasteiger partial charge < -0.3 is 0 Å². The lowest BCUT2D eigenvalue weighted by Gasteiger charge is -2.16. The molecule has 1 aromatic carbocycles. The standard InChI is InChI=1S/C17H20N2S/c1-4-10-19(11-5-2)12-16-13-20-17(18-16)15-8-6-14(3)7-9-15/h4-9,13H,1-2,10-12H2,3H3. The molecule has 0 N–H and O–H groups in total. The fourth-order valence-electron chi connectivity index (χ4n) is 2.01. The van der Waals surface area contributed by atoms with Gasteiger partial charge in [0.15, 0.2) is 0 Å². The summed E-state index contributed by atoms with van der Waals surface area (Å²) in [6, 6.07) is 8.50. The van der Waals surface area contributed by atoms with Crippen LogP contribution in [0.3, 0.4) is 0 Å². The molecule has 20 heavy (non-hydrogen) atoms. The lowest BCUT2D eigenvalue weighted by Crippen LogP contribution is -2.23. The summed E-state index contributed by atoms with van der Waals surface area (Å²) in [5.41, 5.74) is 3.56. The molecule has 104 valence electrons. The van der Waals surface area contributed by atoms with Gasteiger partial charge in [0.05, 0.1) is 5.69 Å². The highest BCUT2D eigenvalue weighted by Gasteiger charge is 2.08. The Morgan fingerprint density at radius 3 is 2.40 bits per heavy atom. The van der Waals surface area contributed by atoms with Crippen LogP contribution in [0.5, 0.6) is 0 Å². The first-order chi connectivity index (χ1) is 9.72. The third-order valence-corrected chi connectivity index (χ3v) is 3.95. The quantitative estimate of drug-likeness (QED) is 0.705. The van der Waals surface area contributed by atoms with E-state index in [9.17, 15) is 0 Å². The maximum atomic E-state index is 4.72. The lowest BCUT2D eigenvalue weighted by atomic mass is 10.2. The molecule has 0 aliphatic heterocycles. The molecule has 0 unspecified atom stereocenters. The van der Waals surface area contributed by atoms with Crippen molar-refractivity contribution in [3.05, 3.63) is 66.2 Å². The van der Waals surface area contributed by atoms with E-state index in [1.54, 1.807) is 11.3 Å². The average molecular weight is 284 g/mol. The molecular weight excluding hydrogens is 264 g/mol. The van der Waals surface area contributed by atoms with Crippen LogP contribution in [0.4, 0.5) is 0 Å². The molecule has 1 aromatic heterocycles. The van der Waals surface area contributed by atoms with Gasteiger partial charge in [-0.15, -0.1) is 24.5 Å². The van der Waals surface area contributed by atoms with Crippen molar-refractivity contribution >= 4 is 11.3 Å². The van der Waals surface area contributed by atoms with Gasteiger partial charge in [0.1, 0.15) is 5.01 Å². The molecular formula is C17H20N2S. The molecule has 0 aliphatic rings. The van der Waals surface area contributed by atoms with Crippen LogP contribution in [0.25, 0.3) is 10.6 Å². The summed E-state index contributed by atoms with van der Waals surface area (Å²) in [4.78, 5) is 6.98. The van der Waals surface area contributed by atoms with Crippen LogP contribution in [-0.2, 0) is 6.54 Å². The summed E-state index contributed by atoms with van der Waals surface area (Å²) in [6.45, 7) is 12.2. The molecule has 2 nitrogen and oxygen atoms in total. The van der Waals surface area contributed by atoms with Crippen molar-refractivity contribution in [1.82, 2.24) is 9.88 Å². The number of hydrogen-bond acceptors (Lipinski definition) is 3. The van der Waals surface area contributed by atoms with Crippen molar-refractivity contribution < 1.29 is 0 Å². The summed E-state index contributed by atoms with van der Waals surface area (Å²) in [7, 11) is 0. The van der Waals surface area contributed by atoms with Crippen LogP contribution in [0.1, 0.15) is 11.3 Å². The molecule has 2 rings (SSSR count). The van der Waals surface area contributed by atoms with E-state index >= 15 is 0 Å². The molecule has 0 saturated carbocycles. The largest absolute Gasteiger partial charge is 0.290 e. The Bertz CT molecular complexity index is 559. The predicted molar refractivity (Wildman–Crippen MR) is 88.0 cm³/mol. The highest BCUT2D eigenvalue weighted by Crippen LogP contribution is 2.24. The third kappa shape index (κ3) is 3.89. The summed E-state index contributed by atoms with van der Waals surface area (Å²) in [5, 5.41) is 3.21. The molecule has 1 heterocycles. The van der Waals surface area contributed by atoms with E-state index < -0.39 is 0 Å². The van der Waals surface area contributed by atoms with Gasteiger partial charge in [-0.05, 0) is 6.92 Å². The van der Waals surface area contributed by atoms with Crippen LogP contribution >= 0.6 is 11.3 Å². The number of thiazole rings is 1. The Kier molecular flexibility index (Phi) is 5.27. The first kappa shape index (κ1) is 14.7. The Morgan fingerprint density at radius 2 is 1.80 bits per heavy atom. The smallest absolute Gasteiger partial charge is 0.123 e.